The van der Waals surface area contributed by atoms with E-state index in [4.69, 9.17) is 15.2 Å². The van der Waals surface area contributed by atoms with Crippen LogP contribution in [0, 0.1) is 13.8 Å². The van der Waals surface area contributed by atoms with Gasteiger partial charge >= 0.3 is 0 Å². The lowest BCUT2D eigenvalue weighted by Crippen LogP contribution is -2.04. The Kier molecular flexibility index (Phi) is 6.81. The molecule has 0 atom stereocenters. The zero-order chi connectivity index (χ0) is 22.3. The molecule has 0 spiro atoms. The van der Waals surface area contributed by atoms with Crippen molar-refractivity contribution in [3.8, 4) is 22.6 Å². The molecule has 4 nitrogen and oxygen atoms in total. The van der Waals surface area contributed by atoms with Gasteiger partial charge in [0.25, 0.3) is 0 Å². The predicted molar refractivity (Wildman–Crippen MR) is 131 cm³/mol. The minimum absolute atomic E-state index is 0.485. The molecule has 0 unspecified atom stereocenters. The van der Waals surface area contributed by atoms with Crippen LogP contribution in [0.25, 0.3) is 11.1 Å². The second-order valence-corrected chi connectivity index (χ2v) is 8.01. The van der Waals surface area contributed by atoms with Crippen molar-refractivity contribution in [3.63, 3.8) is 0 Å². The van der Waals surface area contributed by atoms with Crippen molar-refractivity contribution in [1.82, 2.24) is 4.57 Å². The summed E-state index contributed by atoms with van der Waals surface area (Å²) in [6.07, 6.45) is 5.12. The summed E-state index contributed by atoms with van der Waals surface area (Å²) >= 11 is 0. The molecular weight excluding hydrogens is 396 g/mol. The van der Waals surface area contributed by atoms with E-state index in [9.17, 15) is 0 Å². The third-order valence-corrected chi connectivity index (χ3v) is 5.69. The summed E-state index contributed by atoms with van der Waals surface area (Å²) in [5, 5.41) is 0. The Hall–Kier alpha value is -3.66. The van der Waals surface area contributed by atoms with Crippen molar-refractivity contribution < 1.29 is 9.47 Å². The minimum Gasteiger partial charge on any atom is -0.493 e. The molecule has 0 saturated carbocycles. The first kappa shape index (κ1) is 21.6. The molecule has 0 aliphatic carbocycles. The Balaban J connectivity index is 1.46. The second kappa shape index (κ2) is 10.1. The summed E-state index contributed by atoms with van der Waals surface area (Å²) in [6.45, 7) is 6.35. The fourth-order valence-electron chi connectivity index (χ4n) is 3.92. The summed E-state index contributed by atoms with van der Waals surface area (Å²) in [6, 6.07) is 24.3. The van der Waals surface area contributed by atoms with E-state index in [1.807, 2.05) is 54.6 Å². The van der Waals surface area contributed by atoms with E-state index in [-0.39, 0.29) is 0 Å². The highest BCUT2D eigenvalue weighted by Crippen LogP contribution is 2.35. The zero-order valence-corrected chi connectivity index (χ0v) is 18.8. The van der Waals surface area contributed by atoms with Gasteiger partial charge in [-0.05, 0) is 84.5 Å². The molecule has 0 radical (unpaired) electrons. The average Bonchev–Trinajstić information content (AvgIpc) is 3.31. The number of hydrogen-bond acceptors (Lipinski definition) is 3. The van der Waals surface area contributed by atoms with Crippen LogP contribution in [0.1, 0.15) is 23.1 Å². The van der Waals surface area contributed by atoms with Crippen LogP contribution in [0.3, 0.4) is 0 Å². The van der Waals surface area contributed by atoms with Crippen LogP contribution in [-0.2, 0) is 13.2 Å². The smallest absolute Gasteiger partial charge is 0.123 e. The van der Waals surface area contributed by atoms with Gasteiger partial charge in [0, 0.05) is 24.6 Å². The van der Waals surface area contributed by atoms with Crippen molar-refractivity contribution >= 4 is 5.69 Å². The highest BCUT2D eigenvalue weighted by molar-refractivity contribution is 5.74. The van der Waals surface area contributed by atoms with E-state index in [0.717, 1.165) is 52.4 Å². The Morgan fingerprint density at radius 2 is 1.38 bits per heavy atom. The van der Waals surface area contributed by atoms with Crippen molar-refractivity contribution in [2.45, 2.75) is 33.4 Å². The molecule has 0 aliphatic rings. The first-order chi connectivity index (χ1) is 15.6. The van der Waals surface area contributed by atoms with Gasteiger partial charge in [0.2, 0.25) is 0 Å². The monoisotopic (exact) mass is 426 g/mol. The number of nitrogens with zero attached hydrogens (tertiary/aromatic N) is 1. The lowest BCUT2D eigenvalue weighted by Gasteiger charge is -2.17. The highest BCUT2D eigenvalue weighted by atomic mass is 16.5. The van der Waals surface area contributed by atoms with Gasteiger partial charge in [-0.25, -0.2) is 0 Å². The largest absolute Gasteiger partial charge is 0.493 e. The molecule has 1 aromatic heterocycles. The molecule has 3 aromatic carbocycles. The van der Waals surface area contributed by atoms with Crippen LogP contribution >= 0.6 is 0 Å². The van der Waals surface area contributed by atoms with Crippen LogP contribution in [0.15, 0.2) is 85.2 Å². The van der Waals surface area contributed by atoms with E-state index in [2.05, 4.69) is 49.0 Å². The first-order valence-corrected chi connectivity index (χ1v) is 11.0. The Labute approximate surface area is 190 Å². The van der Waals surface area contributed by atoms with E-state index >= 15 is 0 Å². The first-order valence-electron chi connectivity index (χ1n) is 11.0. The minimum atomic E-state index is 0.485. The van der Waals surface area contributed by atoms with Crippen molar-refractivity contribution in [1.29, 1.82) is 0 Å². The number of aryl methyl sites for hydroxylation is 1. The molecule has 164 valence electrons. The highest BCUT2D eigenvalue weighted by Gasteiger charge is 2.12. The third kappa shape index (κ3) is 5.14. The molecule has 4 rings (SSSR count). The van der Waals surface area contributed by atoms with E-state index in [0.29, 0.717) is 13.2 Å². The number of benzene rings is 3. The normalized spacial score (nSPS) is 10.8. The summed E-state index contributed by atoms with van der Waals surface area (Å²) < 4.78 is 14.4. The SMILES string of the molecule is Cc1c(OCCCn2cccc2)cccc1-c1cccc(OCc2cccc(N)c2)c1C. The zero-order valence-electron chi connectivity index (χ0n) is 18.8. The van der Waals surface area contributed by atoms with Crippen LogP contribution in [0.4, 0.5) is 5.69 Å². The van der Waals surface area contributed by atoms with Crippen molar-refractivity contribution in [2.75, 3.05) is 12.3 Å². The van der Waals surface area contributed by atoms with Gasteiger partial charge in [0.1, 0.15) is 18.1 Å². The fourth-order valence-corrected chi connectivity index (χ4v) is 3.92. The lowest BCUT2D eigenvalue weighted by atomic mass is 9.95. The number of anilines is 1. The standard InChI is InChI=1S/C28H30N2O2/c1-21-25(11-6-13-27(21)31-18-8-17-30-15-3-4-16-30)26-12-7-14-28(22(26)2)32-20-23-9-5-10-24(29)19-23/h3-7,9-16,19H,8,17-18,20,29H2,1-2H3. The Bertz CT molecular complexity index is 1170. The third-order valence-electron chi connectivity index (χ3n) is 5.69. The number of rotatable bonds is 9. The van der Waals surface area contributed by atoms with Crippen molar-refractivity contribution in [3.05, 3.63) is 102 Å². The van der Waals surface area contributed by atoms with Gasteiger partial charge in [0.15, 0.2) is 0 Å². The molecule has 32 heavy (non-hydrogen) atoms. The average molecular weight is 427 g/mol. The molecular formula is C28H30N2O2. The van der Waals surface area contributed by atoms with E-state index < -0.39 is 0 Å². The topological polar surface area (TPSA) is 49.4 Å². The van der Waals surface area contributed by atoms with Crippen LogP contribution < -0.4 is 15.2 Å². The quantitative estimate of drug-likeness (QED) is 0.249. The Morgan fingerprint density at radius 1 is 0.750 bits per heavy atom. The van der Waals surface area contributed by atoms with E-state index in [1.54, 1.807) is 0 Å². The van der Waals surface area contributed by atoms with Crippen LogP contribution in [-0.4, -0.2) is 11.2 Å². The molecule has 1 heterocycles. The molecule has 0 aliphatic heterocycles. The number of ether oxygens (including phenoxy) is 2. The lowest BCUT2D eigenvalue weighted by molar-refractivity contribution is 0.300. The molecule has 0 amide bonds. The summed E-state index contributed by atoms with van der Waals surface area (Å²) in [5.74, 6) is 1.81. The van der Waals surface area contributed by atoms with Gasteiger partial charge in [0.05, 0.1) is 6.61 Å². The predicted octanol–water partition coefficient (Wildman–Crippen LogP) is 6.40. The summed E-state index contributed by atoms with van der Waals surface area (Å²) in [4.78, 5) is 0. The van der Waals surface area contributed by atoms with Crippen molar-refractivity contribution in [2.24, 2.45) is 0 Å². The van der Waals surface area contributed by atoms with Gasteiger partial charge in [-0.3, -0.25) is 0 Å². The molecule has 0 fully saturated rings. The molecule has 4 heteroatoms. The molecule has 2 N–H and O–H groups in total. The van der Waals surface area contributed by atoms with Gasteiger partial charge < -0.3 is 19.8 Å². The summed E-state index contributed by atoms with van der Waals surface area (Å²) in [5.41, 5.74) is 12.3. The maximum Gasteiger partial charge on any atom is 0.123 e. The Morgan fingerprint density at radius 3 is 2.03 bits per heavy atom. The second-order valence-electron chi connectivity index (χ2n) is 8.01. The number of aromatic nitrogens is 1. The maximum absolute atomic E-state index is 6.14. The molecule has 0 saturated heterocycles. The van der Waals surface area contributed by atoms with Gasteiger partial charge in [-0.1, -0.05) is 36.4 Å². The molecule has 4 aromatic rings. The van der Waals surface area contributed by atoms with E-state index in [1.165, 1.54) is 5.56 Å². The van der Waals surface area contributed by atoms with Crippen LogP contribution in [0.2, 0.25) is 0 Å². The fraction of sp³-hybridized carbons (Fsp3) is 0.214. The number of hydrogen-bond donors (Lipinski definition) is 1. The van der Waals surface area contributed by atoms with Gasteiger partial charge in [-0.15, -0.1) is 0 Å². The van der Waals surface area contributed by atoms with Gasteiger partial charge in [-0.2, -0.15) is 0 Å². The maximum atomic E-state index is 6.14. The van der Waals surface area contributed by atoms with Crippen LogP contribution in [0.5, 0.6) is 11.5 Å². The summed E-state index contributed by atoms with van der Waals surface area (Å²) in [7, 11) is 0. The number of nitrogens with two attached hydrogens (primary N) is 1. The molecule has 0 bridgehead atoms. The number of nitrogen functional groups attached to an aromatic ring is 1.